The van der Waals surface area contributed by atoms with Crippen LogP contribution in [0.4, 0.5) is 0 Å². The third-order valence-electron chi connectivity index (χ3n) is 6.01. The molecule has 1 unspecified atom stereocenters. The van der Waals surface area contributed by atoms with Gasteiger partial charge in [0.15, 0.2) is 0 Å². The molecule has 4 heterocycles. The highest BCUT2D eigenvalue weighted by Gasteiger charge is 2.32. The van der Waals surface area contributed by atoms with E-state index < -0.39 is 0 Å². The van der Waals surface area contributed by atoms with Crippen molar-refractivity contribution < 1.29 is 9.59 Å². The molecule has 29 heavy (non-hydrogen) atoms. The number of hydrogen-bond donors (Lipinski definition) is 2. The maximum atomic E-state index is 12.7. The van der Waals surface area contributed by atoms with Gasteiger partial charge in [0, 0.05) is 50.8 Å². The van der Waals surface area contributed by atoms with E-state index in [9.17, 15) is 9.59 Å². The molecule has 2 saturated heterocycles. The van der Waals surface area contributed by atoms with Crippen LogP contribution in [0, 0.1) is 5.92 Å². The highest BCUT2D eigenvalue weighted by Crippen LogP contribution is 2.24. The summed E-state index contributed by atoms with van der Waals surface area (Å²) < 4.78 is 0. The minimum absolute atomic E-state index is 0.0206. The summed E-state index contributed by atoms with van der Waals surface area (Å²) in [6.45, 7) is 3.86. The Morgan fingerprint density at radius 2 is 2.00 bits per heavy atom. The predicted molar refractivity (Wildman–Crippen MR) is 108 cm³/mol. The Morgan fingerprint density at radius 1 is 1.14 bits per heavy atom. The first kappa shape index (κ1) is 19.6. The largest absolute Gasteiger partial charge is 0.352 e. The molecule has 2 fully saturated rings. The van der Waals surface area contributed by atoms with Gasteiger partial charge in [0.25, 0.3) is 5.91 Å². The number of carbonyl (C=O) groups excluding carboxylic acids is 2. The van der Waals surface area contributed by atoms with Gasteiger partial charge in [-0.3, -0.25) is 24.6 Å². The van der Waals surface area contributed by atoms with Crippen molar-refractivity contribution in [2.75, 3.05) is 26.2 Å². The molecule has 0 spiro atoms. The quantitative estimate of drug-likeness (QED) is 0.798. The van der Waals surface area contributed by atoms with Gasteiger partial charge < -0.3 is 10.2 Å². The number of rotatable bonds is 5. The molecule has 2 aromatic heterocycles. The van der Waals surface area contributed by atoms with E-state index in [0.717, 1.165) is 57.4 Å². The van der Waals surface area contributed by atoms with Crippen molar-refractivity contribution in [2.45, 2.75) is 38.3 Å². The molecule has 154 valence electrons. The highest BCUT2D eigenvalue weighted by molar-refractivity contribution is 5.92. The highest BCUT2D eigenvalue weighted by atomic mass is 16.2. The van der Waals surface area contributed by atoms with Gasteiger partial charge in [-0.2, -0.15) is 5.10 Å². The Labute approximate surface area is 170 Å². The molecule has 0 aromatic carbocycles. The molecular weight excluding hydrogens is 368 g/mol. The summed E-state index contributed by atoms with van der Waals surface area (Å²) in [6.07, 6.45) is 9.00. The van der Waals surface area contributed by atoms with E-state index in [0.29, 0.717) is 18.3 Å². The van der Waals surface area contributed by atoms with Gasteiger partial charge in [-0.05, 0) is 49.9 Å². The Kier molecular flexibility index (Phi) is 6.19. The number of aromatic amines is 1. The van der Waals surface area contributed by atoms with Gasteiger partial charge in [-0.25, -0.2) is 0 Å². The first-order valence-electron chi connectivity index (χ1n) is 10.4. The van der Waals surface area contributed by atoms with E-state index in [-0.39, 0.29) is 17.7 Å². The topological polar surface area (TPSA) is 94.2 Å². The minimum atomic E-state index is 0.0206. The lowest BCUT2D eigenvalue weighted by Crippen LogP contribution is -2.51. The number of amides is 2. The lowest BCUT2D eigenvalue weighted by atomic mass is 9.93. The molecule has 8 heteroatoms. The molecule has 2 aliphatic rings. The second-order valence-electron chi connectivity index (χ2n) is 7.91. The first-order chi connectivity index (χ1) is 14.2. The van der Waals surface area contributed by atoms with Gasteiger partial charge in [0.2, 0.25) is 5.91 Å². The van der Waals surface area contributed by atoms with Crippen LogP contribution in [0.2, 0.25) is 0 Å². The number of H-pyrrole nitrogens is 1. The molecule has 0 saturated carbocycles. The fraction of sp³-hybridized carbons (Fsp3) is 0.524. The van der Waals surface area contributed by atoms with Crippen molar-refractivity contribution in [1.82, 2.24) is 30.3 Å². The molecular formula is C21H28N6O2. The second kappa shape index (κ2) is 9.17. The average Bonchev–Trinajstić information content (AvgIpc) is 3.33. The minimum Gasteiger partial charge on any atom is -0.352 e. The van der Waals surface area contributed by atoms with Gasteiger partial charge >= 0.3 is 0 Å². The van der Waals surface area contributed by atoms with Crippen molar-refractivity contribution in [3.05, 3.63) is 48.0 Å². The number of nitrogens with one attached hydrogen (secondary N) is 2. The molecule has 2 aliphatic heterocycles. The standard InChI is InChI=1S/C21H28N6O2/c28-20(23-14-16-3-1-8-22-13-16)17-4-2-10-27(15-17)18-6-11-26(12-7-18)21(29)19-5-9-24-25-19/h1,3,5,8-9,13,17-18H,2,4,6-7,10-12,14-15H2,(H,23,28)(H,24,25). The van der Waals surface area contributed by atoms with Crippen molar-refractivity contribution in [3.8, 4) is 0 Å². The fourth-order valence-electron chi connectivity index (χ4n) is 4.37. The second-order valence-corrected chi connectivity index (χ2v) is 7.91. The van der Waals surface area contributed by atoms with E-state index in [1.54, 1.807) is 24.7 Å². The summed E-state index contributed by atoms with van der Waals surface area (Å²) in [7, 11) is 0. The van der Waals surface area contributed by atoms with Crippen LogP contribution in [0.1, 0.15) is 41.7 Å². The number of aromatic nitrogens is 3. The lowest BCUT2D eigenvalue weighted by Gasteiger charge is -2.42. The molecule has 2 N–H and O–H groups in total. The van der Waals surface area contributed by atoms with Crippen LogP contribution in [-0.2, 0) is 11.3 Å². The Hall–Kier alpha value is -2.74. The number of piperidine rings is 2. The van der Waals surface area contributed by atoms with E-state index >= 15 is 0 Å². The van der Waals surface area contributed by atoms with Crippen molar-refractivity contribution in [2.24, 2.45) is 5.92 Å². The summed E-state index contributed by atoms with van der Waals surface area (Å²) in [5, 5.41) is 9.68. The third-order valence-corrected chi connectivity index (χ3v) is 6.01. The maximum Gasteiger partial charge on any atom is 0.271 e. The van der Waals surface area contributed by atoms with Gasteiger partial charge in [-0.1, -0.05) is 6.07 Å². The normalized spacial score (nSPS) is 21.1. The number of hydrogen-bond acceptors (Lipinski definition) is 5. The van der Waals surface area contributed by atoms with E-state index in [1.807, 2.05) is 17.0 Å². The molecule has 0 radical (unpaired) electrons. The van der Waals surface area contributed by atoms with Gasteiger partial charge in [0.1, 0.15) is 5.69 Å². The van der Waals surface area contributed by atoms with Crippen LogP contribution in [0.15, 0.2) is 36.8 Å². The van der Waals surface area contributed by atoms with Crippen LogP contribution >= 0.6 is 0 Å². The molecule has 0 aliphatic carbocycles. The zero-order valence-corrected chi connectivity index (χ0v) is 16.6. The van der Waals surface area contributed by atoms with Crippen LogP contribution in [0.5, 0.6) is 0 Å². The van der Waals surface area contributed by atoms with Crippen molar-refractivity contribution in [1.29, 1.82) is 0 Å². The molecule has 2 amide bonds. The van der Waals surface area contributed by atoms with Crippen molar-refractivity contribution in [3.63, 3.8) is 0 Å². The molecule has 0 bridgehead atoms. The average molecular weight is 396 g/mol. The van der Waals surface area contributed by atoms with Crippen molar-refractivity contribution >= 4 is 11.8 Å². The zero-order valence-electron chi connectivity index (χ0n) is 16.6. The van der Waals surface area contributed by atoms with Crippen LogP contribution in [0.3, 0.4) is 0 Å². The first-order valence-corrected chi connectivity index (χ1v) is 10.4. The summed E-state index contributed by atoms with van der Waals surface area (Å²) in [4.78, 5) is 33.5. The maximum absolute atomic E-state index is 12.7. The smallest absolute Gasteiger partial charge is 0.271 e. The van der Waals surface area contributed by atoms with Gasteiger partial charge in [-0.15, -0.1) is 0 Å². The van der Waals surface area contributed by atoms with Crippen LogP contribution in [-0.4, -0.2) is 69.0 Å². The number of nitrogens with zero attached hydrogens (tertiary/aromatic N) is 4. The SMILES string of the molecule is O=C(NCc1cccnc1)C1CCCN(C2CCN(C(=O)c3ccn[nH]3)CC2)C1. The van der Waals surface area contributed by atoms with E-state index in [2.05, 4.69) is 25.4 Å². The lowest BCUT2D eigenvalue weighted by molar-refractivity contribution is -0.127. The summed E-state index contributed by atoms with van der Waals surface area (Å²) >= 11 is 0. The molecule has 8 nitrogen and oxygen atoms in total. The zero-order chi connectivity index (χ0) is 20.1. The molecule has 1 atom stereocenters. The molecule has 4 rings (SSSR count). The number of carbonyl (C=O) groups is 2. The number of likely N-dealkylation sites (tertiary alicyclic amines) is 2. The summed E-state index contributed by atoms with van der Waals surface area (Å²) in [6, 6.07) is 6.01. The van der Waals surface area contributed by atoms with Gasteiger partial charge in [0.05, 0.1) is 5.92 Å². The fourth-order valence-corrected chi connectivity index (χ4v) is 4.37. The third kappa shape index (κ3) is 4.82. The summed E-state index contributed by atoms with van der Waals surface area (Å²) in [5.41, 5.74) is 1.56. The molecule has 2 aromatic rings. The van der Waals surface area contributed by atoms with E-state index in [4.69, 9.17) is 0 Å². The van der Waals surface area contributed by atoms with Crippen LogP contribution < -0.4 is 5.32 Å². The summed E-state index contributed by atoms with van der Waals surface area (Å²) in [5.74, 6) is 0.183. The number of pyridine rings is 1. The Bertz CT molecular complexity index is 802. The van der Waals surface area contributed by atoms with E-state index in [1.165, 1.54) is 0 Å². The monoisotopic (exact) mass is 396 g/mol. The predicted octanol–water partition coefficient (Wildman–Crippen LogP) is 1.44. The Balaban J connectivity index is 1.25. The Morgan fingerprint density at radius 3 is 2.72 bits per heavy atom. The van der Waals surface area contributed by atoms with Crippen LogP contribution in [0.25, 0.3) is 0 Å².